The number of nitrogens with zero attached hydrogens (tertiary/aromatic N) is 1. The van der Waals surface area contributed by atoms with Crippen molar-refractivity contribution in [3.05, 3.63) is 58.8 Å². The maximum atomic E-state index is 13.9. The van der Waals surface area contributed by atoms with E-state index in [1.54, 1.807) is 18.2 Å². The molecule has 0 spiro atoms. The van der Waals surface area contributed by atoms with Crippen LogP contribution in [-0.4, -0.2) is 25.1 Å². The molecule has 0 aliphatic heterocycles. The first-order valence-electron chi connectivity index (χ1n) is 7.39. The Morgan fingerprint density at radius 1 is 1.18 bits per heavy atom. The van der Waals surface area contributed by atoms with Crippen LogP contribution in [0.5, 0.6) is 5.75 Å². The van der Waals surface area contributed by atoms with Gasteiger partial charge in [-0.05, 0) is 17.1 Å². The molecule has 0 unspecified atom stereocenters. The number of rotatable bonds is 6. The van der Waals surface area contributed by atoms with Crippen LogP contribution in [0, 0.1) is 10.7 Å². The summed E-state index contributed by atoms with van der Waals surface area (Å²) in [7, 11) is 1.47. The summed E-state index contributed by atoms with van der Waals surface area (Å²) in [5.41, 5.74) is 2.32. The lowest BCUT2D eigenvalue weighted by molar-refractivity contribution is -0.428. The van der Waals surface area contributed by atoms with E-state index in [1.807, 2.05) is 31.8 Å². The molecule has 0 aliphatic carbocycles. The SMILES string of the molecule is CB(C)c1ccc(OCCc2cccc([N+](C)=O)c2)cc1F. The Morgan fingerprint density at radius 3 is 2.59 bits per heavy atom. The van der Waals surface area contributed by atoms with Crippen molar-refractivity contribution in [2.24, 2.45) is 0 Å². The Bertz CT molecular complexity index is 673. The van der Waals surface area contributed by atoms with Crippen LogP contribution in [0.25, 0.3) is 0 Å². The van der Waals surface area contributed by atoms with E-state index in [2.05, 4.69) is 0 Å². The number of ether oxygens (including phenoxy) is 1. The lowest BCUT2D eigenvalue weighted by Gasteiger charge is -2.09. The molecule has 0 radical (unpaired) electrons. The van der Waals surface area contributed by atoms with Gasteiger partial charge in [0.15, 0.2) is 13.8 Å². The molecule has 2 aromatic rings. The van der Waals surface area contributed by atoms with Crippen LogP contribution in [0.4, 0.5) is 10.1 Å². The standard InChI is InChI=1S/C17H20BFNO2/c1-18(2)16-8-7-15(12-17(16)19)22-10-9-13-5-4-6-14(11-13)20(3)21/h4-8,11-12H,9-10H2,1-3H3/q+1. The Labute approximate surface area is 130 Å². The first kappa shape index (κ1) is 16.2. The molecule has 2 aromatic carbocycles. The molecule has 22 heavy (non-hydrogen) atoms. The number of hydrogen-bond donors (Lipinski definition) is 0. The number of hydrogen-bond acceptors (Lipinski definition) is 2. The number of benzene rings is 2. The molecule has 0 saturated carbocycles. The normalized spacial score (nSPS) is 10.4. The van der Waals surface area contributed by atoms with Crippen molar-refractivity contribution in [3.63, 3.8) is 0 Å². The maximum Gasteiger partial charge on any atom is 0.255 e. The molecular formula is C17H20BFNO2+. The van der Waals surface area contributed by atoms with Crippen molar-refractivity contribution in [2.45, 2.75) is 20.1 Å². The highest BCUT2D eigenvalue weighted by atomic mass is 19.1. The van der Waals surface area contributed by atoms with Crippen LogP contribution in [0.3, 0.4) is 0 Å². The van der Waals surface area contributed by atoms with Gasteiger partial charge >= 0.3 is 0 Å². The summed E-state index contributed by atoms with van der Waals surface area (Å²) >= 11 is 0. The third kappa shape index (κ3) is 4.17. The summed E-state index contributed by atoms with van der Waals surface area (Å²) in [5, 5.41) is 0. The average Bonchev–Trinajstić information content (AvgIpc) is 2.47. The first-order valence-corrected chi connectivity index (χ1v) is 7.39. The summed E-state index contributed by atoms with van der Waals surface area (Å²) < 4.78 is 20.3. The zero-order chi connectivity index (χ0) is 16.1. The van der Waals surface area contributed by atoms with E-state index in [0.29, 0.717) is 29.9 Å². The third-order valence-corrected chi connectivity index (χ3v) is 3.53. The minimum Gasteiger partial charge on any atom is -0.493 e. The van der Waals surface area contributed by atoms with Gasteiger partial charge < -0.3 is 4.74 Å². The highest BCUT2D eigenvalue weighted by molar-refractivity contribution is 6.70. The van der Waals surface area contributed by atoms with Crippen molar-refractivity contribution < 1.29 is 13.9 Å². The van der Waals surface area contributed by atoms with Crippen molar-refractivity contribution in [1.29, 1.82) is 0 Å². The highest BCUT2D eigenvalue weighted by Crippen LogP contribution is 2.15. The quantitative estimate of drug-likeness (QED) is 0.604. The molecule has 0 saturated heterocycles. The van der Waals surface area contributed by atoms with Crippen molar-refractivity contribution in [2.75, 3.05) is 13.7 Å². The van der Waals surface area contributed by atoms with Gasteiger partial charge in [0.2, 0.25) is 0 Å². The zero-order valence-electron chi connectivity index (χ0n) is 13.2. The average molecular weight is 300 g/mol. The Morgan fingerprint density at radius 2 is 1.95 bits per heavy atom. The lowest BCUT2D eigenvalue weighted by Crippen LogP contribution is -2.25. The van der Waals surface area contributed by atoms with Crippen molar-refractivity contribution >= 4 is 17.9 Å². The Balaban J connectivity index is 1.95. The van der Waals surface area contributed by atoms with Crippen LogP contribution >= 0.6 is 0 Å². The molecule has 0 aromatic heterocycles. The minimum atomic E-state index is -0.234. The molecule has 0 fully saturated rings. The Kier molecular flexibility index (Phi) is 5.31. The molecule has 2 rings (SSSR count). The van der Waals surface area contributed by atoms with Gasteiger partial charge in [-0.1, -0.05) is 31.8 Å². The molecule has 0 aliphatic rings. The van der Waals surface area contributed by atoms with Gasteiger partial charge in [-0.2, -0.15) is 0 Å². The van der Waals surface area contributed by atoms with Crippen molar-refractivity contribution in [1.82, 2.24) is 0 Å². The molecule has 0 bridgehead atoms. The van der Waals surface area contributed by atoms with Gasteiger partial charge in [0, 0.05) is 34.3 Å². The molecule has 5 heteroatoms. The molecule has 0 atom stereocenters. The van der Waals surface area contributed by atoms with Crippen LogP contribution in [-0.2, 0) is 6.42 Å². The van der Waals surface area contributed by atoms with Gasteiger partial charge in [-0.15, -0.1) is 0 Å². The van der Waals surface area contributed by atoms with Gasteiger partial charge in [0.05, 0.1) is 6.61 Å². The summed E-state index contributed by atoms with van der Waals surface area (Å²) in [4.78, 5) is 11.3. The van der Waals surface area contributed by atoms with E-state index >= 15 is 0 Å². The van der Waals surface area contributed by atoms with E-state index in [0.717, 1.165) is 10.3 Å². The molecule has 114 valence electrons. The third-order valence-electron chi connectivity index (χ3n) is 3.53. The molecule has 0 N–H and O–H groups in total. The summed E-state index contributed by atoms with van der Waals surface area (Å²) in [6.45, 7) is 4.51. The second kappa shape index (κ2) is 7.21. The van der Waals surface area contributed by atoms with Crippen molar-refractivity contribution in [3.8, 4) is 5.75 Å². The van der Waals surface area contributed by atoms with Gasteiger partial charge in [0.1, 0.15) is 11.6 Å². The maximum absolute atomic E-state index is 13.9. The zero-order valence-corrected chi connectivity index (χ0v) is 13.2. The first-order chi connectivity index (χ1) is 10.5. The van der Waals surface area contributed by atoms with Gasteiger partial charge in [0.25, 0.3) is 5.69 Å². The summed E-state index contributed by atoms with van der Waals surface area (Å²) in [5.74, 6) is 0.293. The molecular weight excluding hydrogens is 280 g/mol. The fourth-order valence-corrected chi connectivity index (χ4v) is 2.26. The van der Waals surface area contributed by atoms with Crippen LogP contribution in [0.2, 0.25) is 13.6 Å². The largest absolute Gasteiger partial charge is 0.493 e. The Hall–Kier alpha value is -2.17. The second-order valence-corrected chi connectivity index (χ2v) is 5.60. The monoisotopic (exact) mass is 300 g/mol. The van der Waals surface area contributed by atoms with E-state index in [1.165, 1.54) is 13.1 Å². The summed E-state index contributed by atoms with van der Waals surface area (Å²) in [6, 6.07) is 12.4. The van der Waals surface area contributed by atoms with Gasteiger partial charge in [-0.25, -0.2) is 4.39 Å². The molecule has 0 heterocycles. The minimum absolute atomic E-state index is 0.154. The predicted octanol–water partition coefficient (Wildman–Crippen LogP) is 3.45. The van der Waals surface area contributed by atoms with Crippen LogP contribution in [0.15, 0.2) is 42.5 Å². The van der Waals surface area contributed by atoms with Gasteiger partial charge in [-0.3, -0.25) is 0 Å². The van der Waals surface area contributed by atoms with E-state index < -0.39 is 0 Å². The number of halogens is 1. The lowest BCUT2D eigenvalue weighted by atomic mass is 9.49. The van der Waals surface area contributed by atoms with Crippen LogP contribution in [0.1, 0.15) is 5.56 Å². The van der Waals surface area contributed by atoms with E-state index in [-0.39, 0.29) is 12.5 Å². The van der Waals surface area contributed by atoms with E-state index in [4.69, 9.17) is 4.74 Å². The smallest absolute Gasteiger partial charge is 0.255 e. The summed E-state index contributed by atoms with van der Waals surface area (Å²) in [6.07, 6.45) is 0.662. The predicted molar refractivity (Wildman–Crippen MR) is 88.4 cm³/mol. The second-order valence-electron chi connectivity index (χ2n) is 5.60. The molecule has 0 amide bonds. The van der Waals surface area contributed by atoms with Crippen LogP contribution < -0.4 is 10.2 Å². The fourth-order valence-electron chi connectivity index (χ4n) is 2.26. The fraction of sp³-hybridized carbons (Fsp3) is 0.294. The topological polar surface area (TPSA) is 29.3 Å². The highest BCUT2D eigenvalue weighted by Gasteiger charge is 2.10. The van der Waals surface area contributed by atoms with E-state index in [9.17, 15) is 9.30 Å². The number of nitroso groups, excluding NO2 is 1. The molecule has 3 nitrogen and oxygen atoms in total.